The van der Waals surface area contributed by atoms with E-state index in [9.17, 15) is 4.79 Å². The zero-order valence-electron chi connectivity index (χ0n) is 9.87. The first-order valence-electron chi connectivity index (χ1n) is 5.37. The maximum absolute atomic E-state index is 11.0. The minimum atomic E-state index is -0.283. The average Bonchev–Trinajstić information content (AvgIpc) is 2.25. The molecule has 0 heterocycles. The average molecular weight is 241 g/mol. The highest BCUT2D eigenvalue weighted by Crippen LogP contribution is 2.29. The van der Waals surface area contributed by atoms with Crippen LogP contribution in [0.2, 0.25) is 0 Å². The van der Waals surface area contributed by atoms with E-state index in [2.05, 4.69) is 13.8 Å². The molecule has 0 aromatic heterocycles. The summed E-state index contributed by atoms with van der Waals surface area (Å²) in [6.45, 7) is 4.18. The molecule has 0 fully saturated rings. The Hall–Kier alpha value is -1.02. The van der Waals surface area contributed by atoms with Crippen molar-refractivity contribution < 1.29 is 9.53 Å². The quantitative estimate of drug-likeness (QED) is 0.736. The summed E-state index contributed by atoms with van der Waals surface area (Å²) in [4.78, 5) is 11.0. The Morgan fingerprint density at radius 2 is 1.88 bits per heavy atom. The maximum atomic E-state index is 11.0. The Labute approximate surface area is 102 Å². The zero-order valence-corrected chi connectivity index (χ0v) is 10.6. The number of hydrogen-bond donors (Lipinski definition) is 0. The van der Waals surface area contributed by atoms with Crippen molar-refractivity contribution >= 4 is 16.8 Å². The maximum Gasteiger partial charge on any atom is 0.222 e. The standard InChI is InChI=1S/C13H17ClO2/c1-9(2)12(8-13(14)15)10-4-6-11(16-3)7-5-10/h4-7,9,12H,8H2,1-3H3. The first kappa shape index (κ1) is 13.0. The normalized spacial score (nSPS) is 12.6. The first-order valence-corrected chi connectivity index (χ1v) is 5.74. The molecule has 0 aliphatic heterocycles. The fourth-order valence-corrected chi connectivity index (χ4v) is 1.93. The molecule has 0 bridgehead atoms. The molecular weight excluding hydrogens is 224 g/mol. The summed E-state index contributed by atoms with van der Waals surface area (Å²) < 4.78 is 5.10. The smallest absolute Gasteiger partial charge is 0.222 e. The van der Waals surface area contributed by atoms with E-state index in [1.54, 1.807) is 7.11 Å². The SMILES string of the molecule is COc1ccc(C(CC(=O)Cl)C(C)C)cc1. The van der Waals surface area contributed by atoms with Crippen molar-refractivity contribution in [3.63, 3.8) is 0 Å². The van der Waals surface area contributed by atoms with Crippen LogP contribution in [-0.4, -0.2) is 12.4 Å². The van der Waals surface area contributed by atoms with Crippen LogP contribution in [0.3, 0.4) is 0 Å². The number of hydrogen-bond acceptors (Lipinski definition) is 2. The van der Waals surface area contributed by atoms with Gasteiger partial charge in [-0.3, -0.25) is 4.79 Å². The van der Waals surface area contributed by atoms with E-state index in [-0.39, 0.29) is 11.2 Å². The van der Waals surface area contributed by atoms with Crippen molar-refractivity contribution in [2.45, 2.75) is 26.2 Å². The van der Waals surface area contributed by atoms with Gasteiger partial charge in [-0.2, -0.15) is 0 Å². The van der Waals surface area contributed by atoms with Crippen LogP contribution in [0.4, 0.5) is 0 Å². The molecule has 0 radical (unpaired) electrons. The minimum absolute atomic E-state index is 0.177. The van der Waals surface area contributed by atoms with Gasteiger partial charge in [-0.05, 0) is 41.1 Å². The van der Waals surface area contributed by atoms with Gasteiger partial charge in [-0.1, -0.05) is 26.0 Å². The molecule has 1 atom stereocenters. The van der Waals surface area contributed by atoms with Gasteiger partial charge in [-0.15, -0.1) is 0 Å². The molecule has 1 rings (SSSR count). The van der Waals surface area contributed by atoms with Crippen molar-refractivity contribution in [1.29, 1.82) is 0 Å². The molecule has 1 aromatic carbocycles. The molecule has 88 valence electrons. The van der Waals surface area contributed by atoms with Crippen LogP contribution in [0.25, 0.3) is 0 Å². The molecule has 0 amide bonds. The monoisotopic (exact) mass is 240 g/mol. The van der Waals surface area contributed by atoms with Gasteiger partial charge >= 0.3 is 0 Å². The van der Waals surface area contributed by atoms with E-state index in [1.165, 1.54) is 0 Å². The molecule has 2 nitrogen and oxygen atoms in total. The van der Waals surface area contributed by atoms with Crippen LogP contribution in [0.15, 0.2) is 24.3 Å². The number of methoxy groups -OCH3 is 1. The van der Waals surface area contributed by atoms with Gasteiger partial charge in [0.15, 0.2) is 0 Å². The number of benzene rings is 1. The summed E-state index contributed by atoms with van der Waals surface area (Å²) in [5.74, 6) is 1.38. The molecule has 0 aliphatic rings. The van der Waals surface area contributed by atoms with Crippen LogP contribution in [0, 0.1) is 5.92 Å². The third-order valence-corrected chi connectivity index (χ3v) is 2.88. The Balaban J connectivity index is 2.88. The van der Waals surface area contributed by atoms with E-state index in [4.69, 9.17) is 16.3 Å². The van der Waals surface area contributed by atoms with E-state index < -0.39 is 0 Å². The highest BCUT2D eigenvalue weighted by Gasteiger charge is 2.18. The van der Waals surface area contributed by atoms with Crippen molar-refractivity contribution in [2.24, 2.45) is 5.92 Å². The van der Waals surface area contributed by atoms with Crippen LogP contribution >= 0.6 is 11.6 Å². The van der Waals surface area contributed by atoms with Gasteiger partial charge < -0.3 is 4.74 Å². The molecule has 0 N–H and O–H groups in total. The lowest BCUT2D eigenvalue weighted by molar-refractivity contribution is -0.112. The van der Waals surface area contributed by atoms with Gasteiger partial charge in [0.05, 0.1) is 7.11 Å². The van der Waals surface area contributed by atoms with Crippen LogP contribution in [-0.2, 0) is 4.79 Å². The number of ether oxygens (including phenoxy) is 1. The molecular formula is C13H17ClO2. The van der Waals surface area contributed by atoms with Crippen LogP contribution in [0.1, 0.15) is 31.7 Å². The van der Waals surface area contributed by atoms with E-state index in [0.717, 1.165) is 11.3 Å². The Morgan fingerprint density at radius 3 is 2.25 bits per heavy atom. The van der Waals surface area contributed by atoms with Crippen molar-refractivity contribution in [3.8, 4) is 5.75 Å². The molecule has 1 aromatic rings. The second kappa shape index (κ2) is 5.90. The fourth-order valence-electron chi connectivity index (χ4n) is 1.76. The predicted molar refractivity (Wildman–Crippen MR) is 66.1 cm³/mol. The highest BCUT2D eigenvalue weighted by molar-refractivity contribution is 6.63. The highest BCUT2D eigenvalue weighted by atomic mass is 35.5. The summed E-state index contributed by atoms with van der Waals surface area (Å²) in [6, 6.07) is 7.79. The third-order valence-electron chi connectivity index (χ3n) is 2.73. The van der Waals surface area contributed by atoms with E-state index >= 15 is 0 Å². The van der Waals surface area contributed by atoms with Crippen LogP contribution in [0.5, 0.6) is 5.75 Å². The van der Waals surface area contributed by atoms with Crippen LogP contribution < -0.4 is 4.74 Å². The van der Waals surface area contributed by atoms with Gasteiger partial charge in [0.2, 0.25) is 5.24 Å². The molecule has 3 heteroatoms. The largest absolute Gasteiger partial charge is 0.497 e. The van der Waals surface area contributed by atoms with Gasteiger partial charge in [0.25, 0.3) is 0 Å². The van der Waals surface area contributed by atoms with Crippen molar-refractivity contribution in [3.05, 3.63) is 29.8 Å². The van der Waals surface area contributed by atoms with Crippen molar-refractivity contribution in [1.82, 2.24) is 0 Å². The number of halogens is 1. The minimum Gasteiger partial charge on any atom is -0.497 e. The van der Waals surface area contributed by atoms with Gasteiger partial charge in [0.1, 0.15) is 5.75 Å². The number of carbonyl (C=O) groups is 1. The Kier molecular flexibility index (Phi) is 4.81. The molecule has 0 saturated heterocycles. The second-order valence-corrected chi connectivity index (χ2v) is 4.60. The lowest BCUT2D eigenvalue weighted by Gasteiger charge is -2.19. The topological polar surface area (TPSA) is 26.3 Å². The summed E-state index contributed by atoms with van der Waals surface area (Å²) in [5.41, 5.74) is 1.13. The van der Waals surface area contributed by atoms with E-state index in [0.29, 0.717) is 12.3 Å². The molecule has 1 unspecified atom stereocenters. The number of rotatable bonds is 5. The Morgan fingerprint density at radius 1 is 1.31 bits per heavy atom. The number of carbonyl (C=O) groups excluding carboxylic acids is 1. The molecule has 0 spiro atoms. The summed E-state index contributed by atoms with van der Waals surface area (Å²) in [5, 5.41) is -0.283. The third kappa shape index (κ3) is 3.53. The van der Waals surface area contributed by atoms with Gasteiger partial charge in [0, 0.05) is 6.42 Å². The van der Waals surface area contributed by atoms with Gasteiger partial charge in [-0.25, -0.2) is 0 Å². The lowest BCUT2D eigenvalue weighted by Crippen LogP contribution is -2.09. The fraction of sp³-hybridized carbons (Fsp3) is 0.462. The second-order valence-electron chi connectivity index (χ2n) is 4.18. The molecule has 16 heavy (non-hydrogen) atoms. The first-order chi connectivity index (χ1) is 7.54. The molecule has 0 saturated carbocycles. The summed E-state index contributed by atoms with van der Waals surface area (Å²) >= 11 is 5.46. The van der Waals surface area contributed by atoms with E-state index in [1.807, 2.05) is 24.3 Å². The lowest BCUT2D eigenvalue weighted by atomic mass is 9.86. The summed E-state index contributed by atoms with van der Waals surface area (Å²) in [7, 11) is 1.64. The summed E-state index contributed by atoms with van der Waals surface area (Å²) in [6.07, 6.45) is 0.381. The van der Waals surface area contributed by atoms with Crippen molar-refractivity contribution in [2.75, 3.05) is 7.11 Å². The zero-order chi connectivity index (χ0) is 12.1. The molecule has 0 aliphatic carbocycles. The predicted octanol–water partition coefficient (Wildman–Crippen LogP) is 3.59. The Bertz CT molecular complexity index is 343.